The molecular weight excluding hydrogens is 242 g/mol. The standard InChI is InChI=1S/C15H23NOS/c1-18-15-7-5-12(6-8-15)10-16-11-13-3-2-4-14(17)9-13/h5-8,13-14,16-17H,2-4,9-11H2,1H3. The van der Waals surface area contributed by atoms with Gasteiger partial charge in [0, 0.05) is 11.4 Å². The van der Waals surface area contributed by atoms with Gasteiger partial charge in [0.15, 0.2) is 0 Å². The van der Waals surface area contributed by atoms with Crippen LogP contribution in [0.2, 0.25) is 0 Å². The van der Waals surface area contributed by atoms with Gasteiger partial charge in [-0.15, -0.1) is 11.8 Å². The average molecular weight is 265 g/mol. The Labute approximate surface area is 114 Å². The van der Waals surface area contributed by atoms with E-state index in [1.54, 1.807) is 11.8 Å². The van der Waals surface area contributed by atoms with E-state index in [9.17, 15) is 5.11 Å². The van der Waals surface area contributed by atoms with Crippen molar-refractivity contribution in [2.75, 3.05) is 12.8 Å². The molecule has 3 heteroatoms. The Bertz CT molecular complexity index is 352. The van der Waals surface area contributed by atoms with Crippen molar-refractivity contribution < 1.29 is 5.11 Å². The molecule has 1 aliphatic rings. The maximum absolute atomic E-state index is 9.62. The predicted octanol–water partition coefficient (Wildman–Crippen LogP) is 3.05. The smallest absolute Gasteiger partial charge is 0.0543 e. The van der Waals surface area contributed by atoms with Crippen LogP contribution in [0.15, 0.2) is 29.2 Å². The second kappa shape index (κ2) is 7.17. The number of hydrogen-bond donors (Lipinski definition) is 2. The molecule has 0 radical (unpaired) electrons. The Morgan fingerprint density at radius 3 is 2.72 bits per heavy atom. The Balaban J connectivity index is 1.70. The second-order valence-corrected chi connectivity index (χ2v) is 6.05. The molecule has 2 rings (SSSR count). The van der Waals surface area contributed by atoms with Crippen LogP contribution in [0.5, 0.6) is 0 Å². The molecule has 1 aromatic carbocycles. The van der Waals surface area contributed by atoms with Crippen LogP contribution >= 0.6 is 11.8 Å². The van der Waals surface area contributed by atoms with Gasteiger partial charge in [0.25, 0.3) is 0 Å². The van der Waals surface area contributed by atoms with Crippen LogP contribution in [0, 0.1) is 5.92 Å². The molecule has 1 fully saturated rings. The number of aliphatic hydroxyl groups excluding tert-OH is 1. The fraction of sp³-hybridized carbons (Fsp3) is 0.600. The van der Waals surface area contributed by atoms with Gasteiger partial charge in [0.05, 0.1) is 6.10 Å². The molecule has 100 valence electrons. The van der Waals surface area contributed by atoms with Crippen LogP contribution < -0.4 is 5.32 Å². The van der Waals surface area contributed by atoms with Crippen molar-refractivity contribution >= 4 is 11.8 Å². The lowest BCUT2D eigenvalue weighted by Crippen LogP contribution is -2.28. The number of thioether (sulfide) groups is 1. The summed E-state index contributed by atoms with van der Waals surface area (Å²) in [5.41, 5.74) is 1.34. The third-order valence-corrected chi connectivity index (χ3v) is 4.42. The number of nitrogens with one attached hydrogen (secondary N) is 1. The second-order valence-electron chi connectivity index (χ2n) is 5.17. The lowest BCUT2D eigenvalue weighted by atomic mass is 9.87. The summed E-state index contributed by atoms with van der Waals surface area (Å²) >= 11 is 1.78. The Morgan fingerprint density at radius 2 is 2.06 bits per heavy atom. The molecule has 0 aromatic heterocycles. The van der Waals surface area contributed by atoms with Gasteiger partial charge in [0.1, 0.15) is 0 Å². The van der Waals surface area contributed by atoms with Crippen molar-refractivity contribution in [2.24, 2.45) is 5.92 Å². The molecule has 0 aliphatic heterocycles. The fourth-order valence-corrected chi connectivity index (χ4v) is 3.02. The highest BCUT2D eigenvalue weighted by Crippen LogP contribution is 2.23. The first-order valence-electron chi connectivity index (χ1n) is 6.79. The fourth-order valence-electron chi connectivity index (χ4n) is 2.61. The van der Waals surface area contributed by atoms with Crippen LogP contribution in [-0.4, -0.2) is 24.0 Å². The lowest BCUT2D eigenvalue weighted by molar-refractivity contribution is 0.101. The molecule has 0 bridgehead atoms. The third-order valence-electron chi connectivity index (χ3n) is 3.68. The summed E-state index contributed by atoms with van der Waals surface area (Å²) in [5, 5.41) is 13.1. The van der Waals surface area contributed by atoms with Gasteiger partial charge in [-0.25, -0.2) is 0 Å². The summed E-state index contributed by atoms with van der Waals surface area (Å²) in [6.07, 6.45) is 6.43. The van der Waals surface area contributed by atoms with Crippen LogP contribution in [0.4, 0.5) is 0 Å². The summed E-state index contributed by atoms with van der Waals surface area (Å²) in [6, 6.07) is 8.72. The third kappa shape index (κ3) is 4.30. The molecule has 0 amide bonds. The van der Waals surface area contributed by atoms with Crippen molar-refractivity contribution in [1.29, 1.82) is 0 Å². The molecule has 1 aromatic rings. The lowest BCUT2D eigenvalue weighted by Gasteiger charge is -2.26. The summed E-state index contributed by atoms with van der Waals surface area (Å²) in [6.45, 7) is 1.96. The maximum Gasteiger partial charge on any atom is 0.0543 e. The Hall–Kier alpha value is -0.510. The van der Waals surface area contributed by atoms with Gasteiger partial charge >= 0.3 is 0 Å². The van der Waals surface area contributed by atoms with Gasteiger partial charge < -0.3 is 10.4 Å². The summed E-state index contributed by atoms with van der Waals surface area (Å²) in [7, 11) is 0. The van der Waals surface area contributed by atoms with Crippen LogP contribution in [-0.2, 0) is 6.54 Å². The number of aliphatic hydroxyl groups is 1. The Morgan fingerprint density at radius 1 is 1.28 bits per heavy atom. The van der Waals surface area contributed by atoms with E-state index in [0.29, 0.717) is 5.92 Å². The zero-order chi connectivity index (χ0) is 12.8. The molecule has 0 spiro atoms. The molecule has 1 aliphatic carbocycles. The highest BCUT2D eigenvalue weighted by molar-refractivity contribution is 7.98. The highest BCUT2D eigenvalue weighted by atomic mass is 32.2. The van der Waals surface area contributed by atoms with E-state index in [2.05, 4.69) is 35.8 Å². The van der Waals surface area contributed by atoms with E-state index in [-0.39, 0.29) is 6.10 Å². The van der Waals surface area contributed by atoms with E-state index >= 15 is 0 Å². The van der Waals surface area contributed by atoms with Crippen LogP contribution in [0.3, 0.4) is 0 Å². The Kier molecular flexibility index (Phi) is 5.54. The van der Waals surface area contributed by atoms with Crippen molar-refractivity contribution in [3.8, 4) is 0 Å². The van der Waals surface area contributed by atoms with Gasteiger partial charge in [-0.1, -0.05) is 18.6 Å². The van der Waals surface area contributed by atoms with Gasteiger partial charge in [-0.05, 0) is 55.7 Å². The van der Waals surface area contributed by atoms with E-state index in [1.807, 2.05) is 0 Å². The van der Waals surface area contributed by atoms with Crippen molar-refractivity contribution in [3.63, 3.8) is 0 Å². The molecule has 2 N–H and O–H groups in total. The van der Waals surface area contributed by atoms with Crippen LogP contribution in [0.25, 0.3) is 0 Å². The van der Waals surface area contributed by atoms with E-state index < -0.39 is 0 Å². The van der Waals surface area contributed by atoms with E-state index in [1.165, 1.54) is 23.3 Å². The summed E-state index contributed by atoms with van der Waals surface area (Å²) in [4.78, 5) is 1.31. The molecule has 0 heterocycles. The quantitative estimate of drug-likeness (QED) is 0.803. The van der Waals surface area contributed by atoms with Crippen molar-refractivity contribution in [3.05, 3.63) is 29.8 Å². The van der Waals surface area contributed by atoms with Gasteiger partial charge in [0.2, 0.25) is 0 Å². The first-order valence-corrected chi connectivity index (χ1v) is 8.02. The van der Waals surface area contributed by atoms with Gasteiger partial charge in [-0.3, -0.25) is 0 Å². The zero-order valence-electron chi connectivity index (χ0n) is 11.1. The molecule has 2 atom stereocenters. The molecule has 2 unspecified atom stereocenters. The minimum Gasteiger partial charge on any atom is -0.393 e. The van der Waals surface area contributed by atoms with Gasteiger partial charge in [-0.2, -0.15) is 0 Å². The number of hydrogen-bond acceptors (Lipinski definition) is 3. The molecule has 2 nitrogen and oxygen atoms in total. The monoisotopic (exact) mass is 265 g/mol. The largest absolute Gasteiger partial charge is 0.393 e. The van der Waals surface area contributed by atoms with Crippen LogP contribution in [0.1, 0.15) is 31.2 Å². The molecule has 18 heavy (non-hydrogen) atoms. The predicted molar refractivity (Wildman–Crippen MR) is 77.9 cm³/mol. The zero-order valence-corrected chi connectivity index (χ0v) is 11.9. The van der Waals surface area contributed by atoms with E-state index in [4.69, 9.17) is 0 Å². The number of rotatable bonds is 5. The van der Waals surface area contributed by atoms with Crippen molar-refractivity contribution in [1.82, 2.24) is 5.32 Å². The molecule has 1 saturated carbocycles. The summed E-state index contributed by atoms with van der Waals surface area (Å²) in [5.74, 6) is 0.652. The maximum atomic E-state index is 9.62. The topological polar surface area (TPSA) is 32.3 Å². The number of benzene rings is 1. The SMILES string of the molecule is CSc1ccc(CNCC2CCCC(O)C2)cc1. The minimum atomic E-state index is -0.0635. The highest BCUT2D eigenvalue weighted by Gasteiger charge is 2.19. The minimum absolute atomic E-state index is 0.0635. The van der Waals surface area contributed by atoms with Crippen molar-refractivity contribution in [2.45, 2.75) is 43.2 Å². The molecular formula is C15H23NOS. The average Bonchev–Trinajstić information content (AvgIpc) is 2.40. The summed E-state index contributed by atoms with van der Waals surface area (Å²) < 4.78 is 0. The normalized spacial score (nSPS) is 24.1. The van der Waals surface area contributed by atoms with E-state index in [0.717, 1.165) is 25.9 Å². The first kappa shape index (κ1) is 13.9. The molecule has 0 saturated heterocycles. The first-order chi connectivity index (χ1) is 8.78.